The van der Waals surface area contributed by atoms with Crippen molar-refractivity contribution < 1.29 is 28.8 Å². The van der Waals surface area contributed by atoms with Gasteiger partial charge in [-0.05, 0) is 56.8 Å². The molecule has 2 bridgehead atoms. The molecule has 0 aromatic rings. The molecule has 0 aliphatic carbocycles. The number of piperidine rings is 3. The summed E-state index contributed by atoms with van der Waals surface area (Å²) in [7, 11) is -2.99. The summed E-state index contributed by atoms with van der Waals surface area (Å²) in [5.41, 5.74) is -1.33. The molecule has 0 aromatic heterocycles. The molecule has 5 saturated heterocycles. The van der Waals surface area contributed by atoms with Crippen LogP contribution in [0, 0.1) is 5.41 Å². The molecule has 0 saturated carbocycles. The predicted molar refractivity (Wildman–Crippen MR) is 94.7 cm³/mol. The number of rotatable bonds is 9. The van der Waals surface area contributed by atoms with Gasteiger partial charge in [-0.15, -0.1) is 0 Å². The van der Waals surface area contributed by atoms with Crippen LogP contribution >= 0.6 is 0 Å². The number of carbonyl (C=O) groups is 1. The lowest BCUT2D eigenvalue weighted by atomic mass is 9.70. The SMILES string of the molecule is CCC(=O)O[Si](CCC12CCN(CC1)CC2)(C1(CC)OO1)C1(CC)OO1. The molecule has 26 heavy (non-hydrogen) atoms. The summed E-state index contributed by atoms with van der Waals surface area (Å²) in [6.07, 6.45) is 6.28. The fourth-order valence-corrected chi connectivity index (χ4v) is 9.97. The van der Waals surface area contributed by atoms with Gasteiger partial charge in [-0.25, -0.2) is 0 Å². The van der Waals surface area contributed by atoms with Crippen molar-refractivity contribution in [3.8, 4) is 0 Å². The molecule has 148 valence electrons. The minimum atomic E-state index is -2.99. The summed E-state index contributed by atoms with van der Waals surface area (Å²) in [5, 5.41) is 0. The molecule has 5 heterocycles. The summed E-state index contributed by atoms with van der Waals surface area (Å²) in [6, 6.07) is 0.764. The summed E-state index contributed by atoms with van der Waals surface area (Å²) in [5.74, 6) is -0.216. The van der Waals surface area contributed by atoms with Gasteiger partial charge in [0.25, 0.3) is 16.8 Å². The second-order valence-corrected chi connectivity index (χ2v) is 12.2. The van der Waals surface area contributed by atoms with Crippen LogP contribution in [0.5, 0.6) is 0 Å². The third-order valence-electron chi connectivity index (χ3n) is 7.19. The Hall–Kier alpha value is -0.513. The van der Waals surface area contributed by atoms with Crippen LogP contribution in [0.15, 0.2) is 0 Å². The van der Waals surface area contributed by atoms with E-state index in [1.807, 2.05) is 20.8 Å². The molecular formula is C18H31NO6Si. The van der Waals surface area contributed by atoms with Crippen molar-refractivity contribution in [1.82, 2.24) is 4.90 Å². The number of hydrogen-bond donors (Lipinski definition) is 0. The van der Waals surface area contributed by atoms with Crippen molar-refractivity contribution in [2.24, 2.45) is 5.41 Å². The second kappa shape index (κ2) is 6.53. The van der Waals surface area contributed by atoms with E-state index in [0.29, 0.717) is 24.7 Å². The van der Waals surface area contributed by atoms with Crippen LogP contribution in [0.1, 0.15) is 65.7 Å². The van der Waals surface area contributed by atoms with E-state index < -0.39 is 19.1 Å². The van der Waals surface area contributed by atoms with Gasteiger partial charge in [-0.1, -0.05) is 20.8 Å². The van der Waals surface area contributed by atoms with E-state index in [2.05, 4.69) is 4.90 Å². The van der Waals surface area contributed by atoms with Crippen LogP contribution in [0.25, 0.3) is 0 Å². The van der Waals surface area contributed by atoms with Gasteiger partial charge in [0.1, 0.15) is 0 Å². The lowest BCUT2D eigenvalue weighted by Crippen LogP contribution is -2.65. The zero-order valence-electron chi connectivity index (χ0n) is 16.2. The van der Waals surface area contributed by atoms with E-state index in [1.165, 1.54) is 38.9 Å². The predicted octanol–water partition coefficient (Wildman–Crippen LogP) is 2.98. The average Bonchev–Trinajstić information content (AvgIpc) is 3.61. The van der Waals surface area contributed by atoms with Crippen LogP contribution in [0.3, 0.4) is 0 Å². The Balaban J connectivity index is 1.62. The summed E-state index contributed by atoms with van der Waals surface area (Å²) < 4.78 is 6.21. The molecular weight excluding hydrogens is 354 g/mol. The van der Waals surface area contributed by atoms with Crippen LogP contribution in [0.2, 0.25) is 6.04 Å². The number of hydrogen-bond acceptors (Lipinski definition) is 7. The summed E-state index contributed by atoms with van der Waals surface area (Å²) in [4.78, 5) is 37.0. The van der Waals surface area contributed by atoms with Gasteiger partial charge in [-0.3, -0.25) is 4.79 Å². The highest BCUT2D eigenvalue weighted by atomic mass is 28.4. The Morgan fingerprint density at radius 3 is 1.85 bits per heavy atom. The maximum atomic E-state index is 12.4. The van der Waals surface area contributed by atoms with Gasteiger partial charge in [-0.2, -0.15) is 19.6 Å². The Labute approximate surface area is 156 Å². The first-order valence-corrected chi connectivity index (χ1v) is 12.3. The molecule has 0 aromatic carbocycles. The van der Waals surface area contributed by atoms with Crippen LogP contribution in [0.4, 0.5) is 0 Å². The van der Waals surface area contributed by atoms with Crippen molar-refractivity contribution in [2.45, 2.75) is 82.6 Å². The molecule has 0 radical (unpaired) electrons. The molecule has 0 amide bonds. The fourth-order valence-electron chi connectivity index (χ4n) is 5.03. The lowest BCUT2D eigenvalue weighted by molar-refractivity contribution is -0.136. The topological polar surface area (TPSA) is 79.7 Å². The number of fused-ring (bicyclic) bond motifs is 3. The maximum Gasteiger partial charge on any atom is 0.391 e. The molecule has 5 aliphatic heterocycles. The van der Waals surface area contributed by atoms with E-state index in [-0.39, 0.29) is 5.97 Å². The molecule has 0 N–H and O–H groups in total. The van der Waals surface area contributed by atoms with Crippen LogP contribution in [-0.4, -0.2) is 49.6 Å². The highest BCUT2D eigenvalue weighted by molar-refractivity contribution is 6.80. The Bertz CT molecular complexity index is 520. The van der Waals surface area contributed by atoms with Crippen LogP contribution < -0.4 is 0 Å². The van der Waals surface area contributed by atoms with E-state index in [1.54, 1.807) is 0 Å². The Morgan fingerprint density at radius 2 is 1.46 bits per heavy atom. The first kappa shape index (κ1) is 18.8. The molecule has 7 nitrogen and oxygen atoms in total. The first-order valence-electron chi connectivity index (χ1n) is 10.2. The fraction of sp³-hybridized carbons (Fsp3) is 0.944. The number of nitrogens with zero attached hydrogens (tertiary/aromatic N) is 1. The molecule has 0 unspecified atom stereocenters. The van der Waals surface area contributed by atoms with E-state index in [0.717, 1.165) is 12.5 Å². The van der Waals surface area contributed by atoms with Gasteiger partial charge >= 0.3 is 8.32 Å². The smallest absolute Gasteiger partial charge is 0.391 e. The zero-order valence-corrected chi connectivity index (χ0v) is 17.2. The monoisotopic (exact) mass is 385 g/mol. The van der Waals surface area contributed by atoms with Crippen molar-refractivity contribution >= 4 is 14.3 Å². The quantitative estimate of drug-likeness (QED) is 0.343. The van der Waals surface area contributed by atoms with Gasteiger partial charge in [0.2, 0.25) is 0 Å². The van der Waals surface area contributed by atoms with Gasteiger partial charge in [0, 0.05) is 19.3 Å². The Morgan fingerprint density at radius 1 is 0.962 bits per heavy atom. The summed E-state index contributed by atoms with van der Waals surface area (Å²) in [6.45, 7) is 9.39. The van der Waals surface area contributed by atoms with Crippen LogP contribution in [-0.2, 0) is 28.8 Å². The van der Waals surface area contributed by atoms with Gasteiger partial charge in [0.15, 0.2) is 0 Å². The molecule has 0 spiro atoms. The largest absolute Gasteiger partial charge is 0.507 e. The molecule has 5 aliphatic rings. The normalized spacial score (nSPS) is 33.7. The first-order chi connectivity index (χ1) is 12.5. The lowest BCUT2D eigenvalue weighted by Gasteiger charge is -2.49. The number of carbonyl (C=O) groups excluding carboxylic acids is 1. The third kappa shape index (κ3) is 2.77. The second-order valence-electron chi connectivity index (χ2n) is 8.29. The van der Waals surface area contributed by atoms with Crippen molar-refractivity contribution in [3.05, 3.63) is 0 Å². The van der Waals surface area contributed by atoms with Gasteiger partial charge < -0.3 is 9.33 Å². The van der Waals surface area contributed by atoms with Gasteiger partial charge in [0.05, 0.1) is 0 Å². The minimum absolute atomic E-state index is 0.216. The Kier molecular flexibility index (Phi) is 4.73. The standard InChI is InChI=1S/C18H31NO6Si/c1-4-15(20)21-26(17(5-2)22-23-17,18(6-3)24-25-18)14-10-16-7-11-19(12-8-16)13-9-16/h4-14H2,1-3H3. The zero-order chi connectivity index (χ0) is 18.5. The molecule has 0 atom stereocenters. The van der Waals surface area contributed by atoms with Crippen molar-refractivity contribution in [1.29, 1.82) is 0 Å². The molecule has 8 heteroatoms. The van der Waals surface area contributed by atoms with E-state index >= 15 is 0 Å². The van der Waals surface area contributed by atoms with E-state index in [9.17, 15) is 4.79 Å². The summed E-state index contributed by atoms with van der Waals surface area (Å²) >= 11 is 0. The minimum Gasteiger partial charge on any atom is -0.507 e. The van der Waals surface area contributed by atoms with E-state index in [4.69, 9.17) is 24.0 Å². The molecule has 5 fully saturated rings. The highest BCUT2D eigenvalue weighted by Crippen LogP contribution is 2.59. The third-order valence-corrected chi connectivity index (χ3v) is 12.2. The molecule has 5 rings (SSSR count). The highest BCUT2D eigenvalue weighted by Gasteiger charge is 2.85. The average molecular weight is 386 g/mol. The maximum absolute atomic E-state index is 12.4. The van der Waals surface area contributed by atoms with Crippen molar-refractivity contribution in [3.63, 3.8) is 0 Å². The van der Waals surface area contributed by atoms with Crippen molar-refractivity contribution in [2.75, 3.05) is 19.6 Å².